The SMILES string of the molecule is C=CC(CCC[Si](OCC)(OCC)OCC)(CCC[Si](OCC)(OCC)OCC)n1c(=O)[nH]c(=O)[nH]c1=O. The van der Waals surface area contributed by atoms with Gasteiger partial charge in [-0.15, -0.1) is 6.58 Å². The van der Waals surface area contributed by atoms with Crippen LogP contribution in [0.4, 0.5) is 0 Å². The molecule has 0 bridgehead atoms. The fraction of sp³-hybridized carbons (Fsp3) is 0.792. The summed E-state index contributed by atoms with van der Waals surface area (Å²) in [5.74, 6) is 0. The van der Waals surface area contributed by atoms with Crippen molar-refractivity contribution in [3.63, 3.8) is 0 Å². The average molecular weight is 578 g/mol. The van der Waals surface area contributed by atoms with E-state index in [1.54, 1.807) is 6.08 Å². The molecule has 14 heteroatoms. The highest BCUT2D eigenvalue weighted by molar-refractivity contribution is 6.61. The quantitative estimate of drug-likeness (QED) is 0.157. The maximum Gasteiger partial charge on any atom is 0.500 e. The van der Waals surface area contributed by atoms with Gasteiger partial charge in [0.05, 0.1) is 5.54 Å². The second kappa shape index (κ2) is 17.1. The van der Waals surface area contributed by atoms with Crippen LogP contribution in [0.1, 0.15) is 67.2 Å². The lowest BCUT2D eigenvalue weighted by atomic mass is 9.88. The van der Waals surface area contributed by atoms with E-state index < -0.39 is 40.2 Å². The van der Waals surface area contributed by atoms with Crippen molar-refractivity contribution in [1.29, 1.82) is 0 Å². The number of nitrogens with zero attached hydrogens (tertiary/aromatic N) is 1. The zero-order valence-electron chi connectivity index (χ0n) is 23.9. The van der Waals surface area contributed by atoms with E-state index in [0.717, 1.165) is 4.57 Å². The Morgan fingerprint density at radius 2 is 1.00 bits per heavy atom. The Kier molecular flexibility index (Phi) is 15.5. The molecule has 0 radical (unpaired) electrons. The summed E-state index contributed by atoms with van der Waals surface area (Å²) < 4.78 is 36.9. The second-order valence-corrected chi connectivity index (χ2v) is 14.0. The molecule has 12 nitrogen and oxygen atoms in total. The molecular weight excluding hydrogens is 530 g/mol. The lowest BCUT2D eigenvalue weighted by Gasteiger charge is -2.35. The zero-order chi connectivity index (χ0) is 28.7. The Bertz CT molecular complexity index is 895. The number of allylic oxidation sites excluding steroid dienone is 1. The summed E-state index contributed by atoms with van der Waals surface area (Å²) in [7, 11) is -5.91. The average Bonchev–Trinajstić information content (AvgIpc) is 2.84. The van der Waals surface area contributed by atoms with Crippen molar-refractivity contribution < 1.29 is 26.6 Å². The van der Waals surface area contributed by atoms with Crippen molar-refractivity contribution >= 4 is 17.6 Å². The minimum atomic E-state index is -2.96. The van der Waals surface area contributed by atoms with Crippen molar-refractivity contribution in [1.82, 2.24) is 14.5 Å². The summed E-state index contributed by atoms with van der Waals surface area (Å²) in [6.07, 6.45) is 3.36. The molecule has 1 rings (SSSR count). The lowest BCUT2D eigenvalue weighted by Crippen LogP contribution is -2.53. The highest BCUT2D eigenvalue weighted by Gasteiger charge is 2.43. The van der Waals surface area contributed by atoms with Crippen LogP contribution in [-0.2, 0) is 32.1 Å². The van der Waals surface area contributed by atoms with E-state index in [1.165, 1.54) is 0 Å². The molecule has 1 heterocycles. The zero-order valence-corrected chi connectivity index (χ0v) is 25.9. The Morgan fingerprint density at radius 1 is 0.684 bits per heavy atom. The highest BCUT2D eigenvalue weighted by Crippen LogP contribution is 2.33. The molecule has 0 aliphatic heterocycles. The Balaban J connectivity index is 3.38. The van der Waals surface area contributed by atoms with Gasteiger partial charge in [0.1, 0.15) is 0 Å². The minimum absolute atomic E-state index is 0.361. The van der Waals surface area contributed by atoms with Crippen molar-refractivity contribution in [3.05, 3.63) is 44.1 Å². The summed E-state index contributed by atoms with van der Waals surface area (Å²) in [4.78, 5) is 41.9. The van der Waals surface area contributed by atoms with Gasteiger partial charge in [-0.3, -0.25) is 9.97 Å². The summed E-state index contributed by atoms with van der Waals surface area (Å²) >= 11 is 0. The van der Waals surface area contributed by atoms with Crippen molar-refractivity contribution in [2.45, 2.75) is 84.9 Å². The molecule has 0 saturated heterocycles. The summed E-state index contributed by atoms with van der Waals surface area (Å²) in [6, 6.07) is 0.979. The molecule has 1 aromatic heterocycles. The first kappa shape index (κ1) is 34.4. The van der Waals surface area contributed by atoms with Gasteiger partial charge in [0.15, 0.2) is 0 Å². The Hall–Kier alpha value is -1.66. The number of aromatic nitrogens is 3. The second-order valence-electron chi connectivity index (χ2n) is 8.50. The van der Waals surface area contributed by atoms with Gasteiger partial charge in [0.25, 0.3) is 0 Å². The molecule has 0 saturated carbocycles. The van der Waals surface area contributed by atoms with Crippen LogP contribution in [0.2, 0.25) is 12.1 Å². The predicted octanol–water partition coefficient (Wildman–Crippen LogP) is 2.76. The first-order valence-corrected chi connectivity index (χ1v) is 17.5. The lowest BCUT2D eigenvalue weighted by molar-refractivity contribution is 0.0694. The summed E-state index contributed by atoms with van der Waals surface area (Å²) in [5, 5.41) is 0. The third kappa shape index (κ3) is 9.52. The number of nitrogens with one attached hydrogen (secondary N) is 2. The first-order valence-electron chi connectivity index (χ1n) is 13.6. The molecule has 0 unspecified atom stereocenters. The standard InChI is InChI=1S/C24H47N3O9Si2/c1-8-24(27-22(29)25-21(28)26-23(27)30,17-15-19-37(31-9-2,32-10-3)33-11-4)18-16-20-38(34-12-5,35-13-6)36-14-7/h8H,1,9-20H2,2-7H3,(H2,25,26,28,29,30). The smallest absolute Gasteiger partial charge is 0.374 e. The molecule has 0 fully saturated rings. The number of aromatic amines is 2. The van der Waals surface area contributed by atoms with E-state index >= 15 is 0 Å². The van der Waals surface area contributed by atoms with Crippen LogP contribution in [0.15, 0.2) is 27.0 Å². The van der Waals surface area contributed by atoms with E-state index in [-0.39, 0.29) is 0 Å². The van der Waals surface area contributed by atoms with Gasteiger partial charge in [-0.25, -0.2) is 19.0 Å². The van der Waals surface area contributed by atoms with Gasteiger partial charge in [0.2, 0.25) is 0 Å². The van der Waals surface area contributed by atoms with Crippen LogP contribution in [0.3, 0.4) is 0 Å². The van der Waals surface area contributed by atoms with Crippen LogP contribution in [-0.4, -0.2) is 71.8 Å². The Morgan fingerprint density at radius 3 is 1.26 bits per heavy atom. The van der Waals surface area contributed by atoms with E-state index in [4.69, 9.17) is 26.6 Å². The third-order valence-electron chi connectivity index (χ3n) is 6.04. The van der Waals surface area contributed by atoms with Crippen LogP contribution in [0.5, 0.6) is 0 Å². The highest BCUT2D eigenvalue weighted by atomic mass is 28.4. The van der Waals surface area contributed by atoms with Gasteiger partial charge >= 0.3 is 34.7 Å². The van der Waals surface area contributed by atoms with Crippen LogP contribution >= 0.6 is 0 Å². The molecule has 0 amide bonds. The van der Waals surface area contributed by atoms with Gasteiger partial charge in [-0.1, -0.05) is 6.08 Å². The summed E-state index contributed by atoms with van der Waals surface area (Å²) in [5.41, 5.74) is -3.57. The Labute approximate surface area is 227 Å². The topological polar surface area (TPSA) is 143 Å². The third-order valence-corrected chi connectivity index (χ3v) is 12.3. The predicted molar refractivity (Wildman–Crippen MR) is 149 cm³/mol. The molecular formula is C24H47N3O9Si2. The molecule has 2 N–H and O–H groups in total. The maximum atomic E-state index is 12.9. The maximum absolute atomic E-state index is 12.9. The summed E-state index contributed by atoms with van der Waals surface area (Å²) in [6.45, 7) is 18.0. The van der Waals surface area contributed by atoms with E-state index in [2.05, 4.69) is 16.5 Å². The number of hydrogen-bond acceptors (Lipinski definition) is 9. The normalized spacial score (nSPS) is 12.7. The van der Waals surface area contributed by atoms with Gasteiger partial charge in [-0.2, -0.15) is 0 Å². The molecule has 0 aliphatic carbocycles. The molecule has 38 heavy (non-hydrogen) atoms. The van der Waals surface area contributed by atoms with Gasteiger partial charge in [-0.05, 0) is 67.2 Å². The fourth-order valence-electron chi connectivity index (χ4n) is 4.70. The van der Waals surface area contributed by atoms with Crippen molar-refractivity contribution in [2.75, 3.05) is 39.6 Å². The van der Waals surface area contributed by atoms with Gasteiger partial charge in [0, 0.05) is 51.7 Å². The van der Waals surface area contributed by atoms with Crippen LogP contribution in [0, 0.1) is 0 Å². The minimum Gasteiger partial charge on any atom is -0.374 e. The molecule has 0 aliphatic rings. The van der Waals surface area contributed by atoms with Crippen LogP contribution in [0.25, 0.3) is 0 Å². The number of rotatable bonds is 22. The van der Waals surface area contributed by atoms with Gasteiger partial charge < -0.3 is 26.6 Å². The molecule has 1 aromatic rings. The number of H-pyrrole nitrogens is 2. The van der Waals surface area contributed by atoms with Crippen LogP contribution < -0.4 is 17.1 Å². The van der Waals surface area contributed by atoms with Crippen molar-refractivity contribution in [3.8, 4) is 0 Å². The molecule has 0 atom stereocenters. The monoisotopic (exact) mass is 577 g/mol. The van der Waals surface area contributed by atoms with E-state index in [9.17, 15) is 14.4 Å². The molecule has 0 spiro atoms. The molecule has 0 aromatic carbocycles. The molecule has 220 valence electrons. The number of hydrogen-bond donors (Lipinski definition) is 2. The largest absolute Gasteiger partial charge is 0.500 e. The van der Waals surface area contributed by atoms with Crippen molar-refractivity contribution in [2.24, 2.45) is 0 Å². The van der Waals surface area contributed by atoms with E-state index in [1.807, 2.05) is 41.5 Å². The van der Waals surface area contributed by atoms with E-state index in [0.29, 0.717) is 77.4 Å². The first-order chi connectivity index (χ1) is 18.2. The fourth-order valence-corrected chi connectivity index (χ4v) is 9.93.